The lowest BCUT2D eigenvalue weighted by Gasteiger charge is -2.07. The van der Waals surface area contributed by atoms with E-state index >= 15 is 0 Å². The normalized spacial score (nSPS) is 9.76. The Morgan fingerprint density at radius 3 is 1.66 bits per heavy atom. The number of benzene rings is 4. The van der Waals surface area contributed by atoms with Crippen LogP contribution in [0.3, 0.4) is 0 Å². The summed E-state index contributed by atoms with van der Waals surface area (Å²) in [7, 11) is 0. The minimum Gasteiger partial charge on any atom is -0.449 e. The van der Waals surface area contributed by atoms with Crippen LogP contribution >= 0.6 is 15.9 Å². The molecule has 3 N–H and O–H groups in total. The number of hydrogen-bond acceptors (Lipinski definition) is 3. The van der Waals surface area contributed by atoms with Gasteiger partial charge in [-0.25, -0.2) is 4.79 Å². The molecule has 5 heteroatoms. The third-order valence-corrected chi connectivity index (χ3v) is 6.06. The van der Waals surface area contributed by atoms with Crippen LogP contribution in [-0.2, 0) is 17.6 Å². The molecule has 4 nitrogen and oxygen atoms in total. The molecule has 0 radical (unpaired) electrons. The number of aryl methyl sites for hydroxylation is 4. The van der Waals surface area contributed by atoms with Crippen LogP contribution in [0.2, 0.25) is 0 Å². The molecule has 1 amide bonds. The molecular weight excluding hydrogens is 536 g/mol. The Kier molecular flexibility index (Phi) is 15.0. The maximum Gasteiger partial charge on any atom is 0.411 e. The zero-order valence-corrected chi connectivity index (χ0v) is 24.0. The van der Waals surface area contributed by atoms with Crippen molar-refractivity contribution in [3.63, 3.8) is 0 Å². The van der Waals surface area contributed by atoms with Gasteiger partial charge in [0.25, 0.3) is 0 Å². The molecule has 0 unspecified atom stereocenters. The van der Waals surface area contributed by atoms with Gasteiger partial charge < -0.3 is 10.5 Å². The average molecular weight is 576 g/mol. The number of alkyl halides is 1. The Hall–Kier alpha value is -3.57. The molecule has 0 aliphatic carbocycles. The predicted octanol–water partition coefficient (Wildman–Crippen LogP) is 8.77. The smallest absolute Gasteiger partial charge is 0.411 e. The van der Waals surface area contributed by atoms with Crippen molar-refractivity contribution in [2.75, 3.05) is 23.0 Å². The van der Waals surface area contributed by atoms with Gasteiger partial charge in [-0.2, -0.15) is 0 Å². The summed E-state index contributed by atoms with van der Waals surface area (Å²) in [4.78, 5) is 11.6. The molecule has 0 saturated heterocycles. The van der Waals surface area contributed by atoms with E-state index in [2.05, 4.69) is 63.7 Å². The topological polar surface area (TPSA) is 64.3 Å². The fraction of sp³-hybridized carbons (Fsp3) is 0.242. The summed E-state index contributed by atoms with van der Waals surface area (Å²) in [5, 5.41) is 3.81. The van der Waals surface area contributed by atoms with Crippen molar-refractivity contribution in [3.8, 4) is 0 Å². The maximum absolute atomic E-state index is 11.6. The highest BCUT2D eigenvalue weighted by Crippen LogP contribution is 2.09. The number of rotatable bonds is 8. The number of carbonyl (C=O) groups is 1. The van der Waals surface area contributed by atoms with Gasteiger partial charge in [-0.3, -0.25) is 5.32 Å². The molecule has 0 atom stereocenters. The predicted molar refractivity (Wildman–Crippen MR) is 165 cm³/mol. The molecule has 0 aliphatic heterocycles. The van der Waals surface area contributed by atoms with Crippen LogP contribution in [0.5, 0.6) is 0 Å². The van der Waals surface area contributed by atoms with Gasteiger partial charge in [0.15, 0.2) is 0 Å². The lowest BCUT2D eigenvalue weighted by Crippen LogP contribution is -2.14. The average Bonchev–Trinajstić information content (AvgIpc) is 2.95. The Morgan fingerprint density at radius 1 is 0.711 bits per heavy atom. The van der Waals surface area contributed by atoms with Crippen LogP contribution in [0, 0.1) is 13.8 Å². The fourth-order valence-corrected chi connectivity index (χ4v) is 3.64. The van der Waals surface area contributed by atoms with Gasteiger partial charge in [0.05, 0.1) is 6.61 Å². The number of halogens is 1. The van der Waals surface area contributed by atoms with Crippen molar-refractivity contribution in [1.29, 1.82) is 0 Å². The van der Waals surface area contributed by atoms with E-state index in [0.29, 0.717) is 6.61 Å². The van der Waals surface area contributed by atoms with Crippen molar-refractivity contribution in [2.45, 2.75) is 39.5 Å². The van der Waals surface area contributed by atoms with E-state index in [1.807, 2.05) is 80.6 Å². The van der Waals surface area contributed by atoms with Crippen LogP contribution < -0.4 is 11.1 Å². The first-order chi connectivity index (χ1) is 18.5. The van der Waals surface area contributed by atoms with Gasteiger partial charge in [0.1, 0.15) is 0 Å². The van der Waals surface area contributed by atoms with Gasteiger partial charge >= 0.3 is 6.09 Å². The molecule has 0 spiro atoms. The molecule has 0 saturated carbocycles. The second-order valence-corrected chi connectivity index (χ2v) is 9.70. The Balaban J connectivity index is 0.000000233. The van der Waals surface area contributed by atoms with E-state index in [0.717, 1.165) is 35.1 Å². The van der Waals surface area contributed by atoms with Crippen LogP contribution in [0.1, 0.15) is 35.1 Å². The van der Waals surface area contributed by atoms with Crippen LogP contribution in [0.4, 0.5) is 16.2 Å². The number of ether oxygens (including phenoxy) is 1. The Bertz CT molecular complexity index is 1130. The maximum atomic E-state index is 11.6. The molecule has 4 aromatic carbocycles. The first kappa shape index (κ1) is 30.7. The molecule has 0 aliphatic rings. The van der Waals surface area contributed by atoms with E-state index in [-0.39, 0.29) is 0 Å². The van der Waals surface area contributed by atoms with Crippen molar-refractivity contribution < 1.29 is 9.53 Å². The van der Waals surface area contributed by atoms with E-state index in [9.17, 15) is 4.79 Å². The standard InChI is InChI=1S/C17H19NO2.C9H11Br.C7H9N/c1-14-9-11-16(12-10-14)18-17(19)20-13-5-8-15-6-3-2-4-7-15;10-8-4-7-9-5-2-1-3-6-9;1-6-2-4-7(8)5-3-6/h2-4,6-7,9-12H,5,8,13H2,1H3,(H,18,19);1-3,5-6H,4,7-8H2;2-5H,8H2,1H3. The number of amides is 1. The van der Waals surface area contributed by atoms with Crippen molar-refractivity contribution in [2.24, 2.45) is 0 Å². The van der Waals surface area contributed by atoms with E-state index in [4.69, 9.17) is 10.5 Å². The van der Waals surface area contributed by atoms with E-state index in [1.54, 1.807) is 0 Å². The quantitative estimate of drug-likeness (QED) is 0.125. The lowest BCUT2D eigenvalue weighted by atomic mass is 10.1. The Labute approximate surface area is 236 Å². The third kappa shape index (κ3) is 14.2. The second kappa shape index (κ2) is 18.6. The highest BCUT2D eigenvalue weighted by molar-refractivity contribution is 9.09. The lowest BCUT2D eigenvalue weighted by molar-refractivity contribution is 0.160. The first-order valence-corrected chi connectivity index (χ1v) is 14.0. The molecular formula is C33H39BrN2O2. The van der Waals surface area contributed by atoms with E-state index < -0.39 is 6.09 Å². The Morgan fingerprint density at radius 2 is 1.18 bits per heavy atom. The summed E-state index contributed by atoms with van der Waals surface area (Å²) in [5.41, 5.74) is 12.1. The zero-order chi connectivity index (χ0) is 27.4. The fourth-order valence-electron chi connectivity index (χ4n) is 3.36. The summed E-state index contributed by atoms with van der Waals surface area (Å²) in [6.45, 7) is 4.47. The number of carbonyl (C=O) groups excluding carboxylic acids is 1. The van der Waals surface area contributed by atoms with E-state index in [1.165, 1.54) is 29.5 Å². The highest BCUT2D eigenvalue weighted by atomic mass is 79.9. The zero-order valence-electron chi connectivity index (χ0n) is 22.4. The molecule has 0 bridgehead atoms. The number of nitrogens with two attached hydrogens (primary N) is 1. The van der Waals surface area contributed by atoms with Crippen LogP contribution in [0.25, 0.3) is 0 Å². The van der Waals surface area contributed by atoms with Gasteiger partial charge in [-0.1, -0.05) is 112 Å². The monoisotopic (exact) mass is 574 g/mol. The summed E-state index contributed by atoms with van der Waals surface area (Å²) >= 11 is 3.41. The third-order valence-electron chi connectivity index (χ3n) is 5.50. The highest BCUT2D eigenvalue weighted by Gasteiger charge is 2.02. The molecule has 200 valence electrons. The molecule has 38 heavy (non-hydrogen) atoms. The minimum absolute atomic E-state index is 0.401. The SMILES string of the molecule is BrCCCc1ccccc1.Cc1ccc(N)cc1.Cc1ccc(NC(=O)OCCCc2ccccc2)cc1. The molecule has 0 aromatic heterocycles. The van der Waals surface area contributed by atoms with Crippen LogP contribution in [0.15, 0.2) is 109 Å². The van der Waals surface area contributed by atoms with Gasteiger partial charge in [-0.15, -0.1) is 0 Å². The molecule has 4 rings (SSSR count). The van der Waals surface area contributed by atoms with Crippen molar-refractivity contribution in [3.05, 3.63) is 131 Å². The largest absolute Gasteiger partial charge is 0.449 e. The van der Waals surface area contributed by atoms with Gasteiger partial charge in [0.2, 0.25) is 0 Å². The van der Waals surface area contributed by atoms with Crippen molar-refractivity contribution in [1.82, 2.24) is 0 Å². The number of nitrogens with one attached hydrogen (secondary N) is 1. The first-order valence-electron chi connectivity index (χ1n) is 12.9. The van der Waals surface area contributed by atoms with Crippen molar-refractivity contribution >= 4 is 33.4 Å². The van der Waals surface area contributed by atoms with Gasteiger partial charge in [0, 0.05) is 16.7 Å². The minimum atomic E-state index is -0.401. The molecule has 4 aromatic rings. The van der Waals surface area contributed by atoms with Gasteiger partial charge in [-0.05, 0) is 74.9 Å². The summed E-state index contributed by atoms with van der Waals surface area (Å²) in [6.07, 6.45) is 3.75. The number of hydrogen-bond donors (Lipinski definition) is 2. The number of nitrogen functional groups attached to an aromatic ring is 1. The summed E-state index contributed by atoms with van der Waals surface area (Å²) in [6, 6.07) is 36.1. The second-order valence-electron chi connectivity index (χ2n) is 8.90. The number of anilines is 2. The summed E-state index contributed by atoms with van der Waals surface area (Å²) in [5.74, 6) is 0. The summed E-state index contributed by atoms with van der Waals surface area (Å²) < 4.78 is 5.15. The van der Waals surface area contributed by atoms with Crippen LogP contribution in [-0.4, -0.2) is 18.0 Å². The molecule has 0 heterocycles. The molecule has 0 fully saturated rings.